The highest BCUT2D eigenvalue weighted by molar-refractivity contribution is 6.32. The Morgan fingerprint density at radius 2 is 2.06 bits per heavy atom. The molecule has 1 fully saturated rings. The summed E-state index contributed by atoms with van der Waals surface area (Å²) >= 11 is 5.95. The summed E-state index contributed by atoms with van der Waals surface area (Å²) in [4.78, 5) is 20.1. The van der Waals surface area contributed by atoms with Crippen LogP contribution >= 0.6 is 11.6 Å². The van der Waals surface area contributed by atoms with Crippen LogP contribution in [-0.4, -0.2) is 23.1 Å². The molecule has 0 aromatic carbocycles. The molecule has 1 aromatic heterocycles. The number of rotatable bonds is 1. The van der Waals surface area contributed by atoms with E-state index in [0.717, 1.165) is 25.9 Å². The molecule has 1 saturated heterocycles. The van der Waals surface area contributed by atoms with Crippen LogP contribution < -0.4 is 10.5 Å². The van der Waals surface area contributed by atoms with Gasteiger partial charge in [-0.2, -0.15) is 0 Å². The molecule has 0 aliphatic carbocycles. The molecule has 0 amide bonds. The number of H-pyrrole nitrogens is 1. The second-order valence-electron chi connectivity index (χ2n) is 5.02. The third-order valence-electron chi connectivity index (χ3n) is 3.19. The van der Waals surface area contributed by atoms with E-state index >= 15 is 0 Å². The number of aromatic amines is 1. The molecule has 0 radical (unpaired) electrons. The Balaban J connectivity index is 2.21. The molecule has 2 heterocycles. The number of nitrogens with one attached hydrogen (secondary N) is 1. The summed E-state index contributed by atoms with van der Waals surface area (Å²) in [6.07, 6.45) is 3.60. The second-order valence-corrected chi connectivity index (χ2v) is 5.40. The van der Waals surface area contributed by atoms with Crippen molar-refractivity contribution < 1.29 is 0 Å². The normalized spacial score (nSPS) is 19.8. The van der Waals surface area contributed by atoms with Crippen molar-refractivity contribution in [2.75, 3.05) is 18.0 Å². The van der Waals surface area contributed by atoms with Crippen LogP contribution in [-0.2, 0) is 0 Å². The summed E-state index contributed by atoms with van der Waals surface area (Å²) < 4.78 is 0. The first-order valence-corrected chi connectivity index (χ1v) is 5.85. The van der Waals surface area contributed by atoms with Crippen molar-refractivity contribution in [3.8, 4) is 0 Å². The first-order valence-electron chi connectivity index (χ1n) is 5.48. The van der Waals surface area contributed by atoms with E-state index in [9.17, 15) is 4.79 Å². The van der Waals surface area contributed by atoms with Crippen molar-refractivity contribution in [2.24, 2.45) is 5.41 Å². The van der Waals surface area contributed by atoms with Crippen molar-refractivity contribution in [1.29, 1.82) is 0 Å². The molecule has 1 aromatic rings. The van der Waals surface area contributed by atoms with Crippen LogP contribution in [0.25, 0.3) is 0 Å². The third-order valence-corrected chi connectivity index (χ3v) is 3.54. The van der Waals surface area contributed by atoms with Gasteiger partial charge in [-0.25, -0.2) is 4.98 Å². The maximum atomic E-state index is 11.4. The van der Waals surface area contributed by atoms with Gasteiger partial charge in [0.15, 0.2) is 5.82 Å². The van der Waals surface area contributed by atoms with Gasteiger partial charge >= 0.3 is 0 Å². The Kier molecular flexibility index (Phi) is 2.93. The molecule has 88 valence electrons. The summed E-state index contributed by atoms with van der Waals surface area (Å²) in [6.45, 7) is 6.33. The standard InChI is InChI=1S/C11H16ClN3O/c1-11(2)3-5-15(6-4-11)9-8(12)10(16)14-7-13-9/h7H,3-6H2,1-2H3,(H,13,14,16). The van der Waals surface area contributed by atoms with Crippen LogP contribution in [0, 0.1) is 5.41 Å². The van der Waals surface area contributed by atoms with Gasteiger partial charge in [-0.05, 0) is 18.3 Å². The van der Waals surface area contributed by atoms with Gasteiger partial charge in [0.1, 0.15) is 5.02 Å². The smallest absolute Gasteiger partial charge is 0.271 e. The van der Waals surface area contributed by atoms with Crippen molar-refractivity contribution in [1.82, 2.24) is 9.97 Å². The lowest BCUT2D eigenvalue weighted by Gasteiger charge is -2.37. The van der Waals surface area contributed by atoms with Crippen LogP contribution in [0.2, 0.25) is 5.02 Å². The molecular formula is C11H16ClN3O. The van der Waals surface area contributed by atoms with Crippen LogP contribution in [0.1, 0.15) is 26.7 Å². The van der Waals surface area contributed by atoms with Gasteiger partial charge in [-0.3, -0.25) is 4.79 Å². The third kappa shape index (κ3) is 2.21. The molecule has 4 nitrogen and oxygen atoms in total. The zero-order valence-electron chi connectivity index (χ0n) is 9.59. The molecule has 1 aliphatic heterocycles. The summed E-state index contributed by atoms with van der Waals surface area (Å²) in [5, 5.41) is 0.196. The number of anilines is 1. The summed E-state index contributed by atoms with van der Waals surface area (Å²) in [5.41, 5.74) is 0.112. The van der Waals surface area contributed by atoms with Crippen LogP contribution in [0.3, 0.4) is 0 Å². The molecule has 2 rings (SSSR count). The highest BCUT2D eigenvalue weighted by Gasteiger charge is 2.27. The average Bonchev–Trinajstić information content (AvgIpc) is 2.23. The van der Waals surface area contributed by atoms with E-state index in [2.05, 4.69) is 28.7 Å². The predicted molar refractivity (Wildman–Crippen MR) is 65.1 cm³/mol. The zero-order valence-corrected chi connectivity index (χ0v) is 10.3. The Bertz CT molecular complexity index is 431. The van der Waals surface area contributed by atoms with Gasteiger partial charge in [0.05, 0.1) is 6.33 Å². The minimum Gasteiger partial charge on any atom is -0.355 e. The highest BCUT2D eigenvalue weighted by atomic mass is 35.5. The minimum atomic E-state index is -0.267. The number of nitrogens with zero attached hydrogens (tertiary/aromatic N) is 2. The Morgan fingerprint density at radius 1 is 1.44 bits per heavy atom. The molecule has 0 saturated carbocycles. The fraction of sp³-hybridized carbons (Fsp3) is 0.636. The van der Waals surface area contributed by atoms with E-state index in [1.165, 1.54) is 6.33 Å². The average molecular weight is 242 g/mol. The number of aromatic nitrogens is 2. The van der Waals surface area contributed by atoms with E-state index in [-0.39, 0.29) is 10.6 Å². The zero-order chi connectivity index (χ0) is 11.8. The number of halogens is 1. The molecule has 5 heteroatoms. The summed E-state index contributed by atoms with van der Waals surface area (Å²) in [6, 6.07) is 0. The molecule has 0 spiro atoms. The van der Waals surface area contributed by atoms with Crippen molar-refractivity contribution >= 4 is 17.4 Å². The highest BCUT2D eigenvalue weighted by Crippen LogP contribution is 2.32. The fourth-order valence-electron chi connectivity index (χ4n) is 1.92. The number of piperidine rings is 1. The molecule has 0 bridgehead atoms. The monoisotopic (exact) mass is 241 g/mol. The van der Waals surface area contributed by atoms with E-state index in [1.807, 2.05) is 0 Å². The Hall–Kier alpha value is -1.03. The molecule has 1 N–H and O–H groups in total. The van der Waals surface area contributed by atoms with Gasteiger partial charge < -0.3 is 9.88 Å². The molecule has 0 atom stereocenters. The Labute approximate surface area is 99.6 Å². The molecule has 16 heavy (non-hydrogen) atoms. The van der Waals surface area contributed by atoms with Gasteiger partial charge in [-0.1, -0.05) is 25.4 Å². The van der Waals surface area contributed by atoms with Gasteiger partial charge in [0.25, 0.3) is 5.56 Å². The Morgan fingerprint density at radius 3 is 2.69 bits per heavy atom. The molecule has 0 unspecified atom stereocenters. The van der Waals surface area contributed by atoms with E-state index in [4.69, 9.17) is 11.6 Å². The molecular weight excluding hydrogens is 226 g/mol. The SMILES string of the molecule is CC1(C)CCN(c2nc[nH]c(=O)c2Cl)CC1. The van der Waals surface area contributed by atoms with Crippen LogP contribution in [0.15, 0.2) is 11.1 Å². The van der Waals surface area contributed by atoms with E-state index in [1.54, 1.807) is 0 Å². The minimum absolute atomic E-state index is 0.196. The van der Waals surface area contributed by atoms with Crippen molar-refractivity contribution in [3.63, 3.8) is 0 Å². The fourth-order valence-corrected chi connectivity index (χ4v) is 2.14. The van der Waals surface area contributed by atoms with E-state index in [0.29, 0.717) is 11.2 Å². The maximum Gasteiger partial charge on any atom is 0.271 e. The van der Waals surface area contributed by atoms with Crippen LogP contribution in [0.5, 0.6) is 0 Å². The lowest BCUT2D eigenvalue weighted by atomic mass is 9.83. The largest absolute Gasteiger partial charge is 0.355 e. The summed E-state index contributed by atoms with van der Waals surface area (Å²) in [5.74, 6) is 0.612. The van der Waals surface area contributed by atoms with Crippen LogP contribution in [0.4, 0.5) is 5.82 Å². The summed E-state index contributed by atoms with van der Waals surface area (Å²) in [7, 11) is 0. The molecule has 1 aliphatic rings. The van der Waals surface area contributed by atoms with Gasteiger partial charge in [0, 0.05) is 13.1 Å². The van der Waals surface area contributed by atoms with Gasteiger partial charge in [-0.15, -0.1) is 0 Å². The van der Waals surface area contributed by atoms with Gasteiger partial charge in [0.2, 0.25) is 0 Å². The van der Waals surface area contributed by atoms with Crippen molar-refractivity contribution in [3.05, 3.63) is 21.7 Å². The number of hydrogen-bond acceptors (Lipinski definition) is 3. The lowest BCUT2D eigenvalue weighted by molar-refractivity contribution is 0.279. The topological polar surface area (TPSA) is 49.0 Å². The van der Waals surface area contributed by atoms with Crippen molar-refractivity contribution in [2.45, 2.75) is 26.7 Å². The predicted octanol–water partition coefficient (Wildman–Crippen LogP) is 2.05. The number of hydrogen-bond donors (Lipinski definition) is 1. The maximum absolute atomic E-state index is 11.4. The first-order chi connectivity index (χ1) is 7.49. The van der Waals surface area contributed by atoms with E-state index < -0.39 is 0 Å². The lowest BCUT2D eigenvalue weighted by Crippen LogP contribution is -2.38. The quantitative estimate of drug-likeness (QED) is 0.819. The first kappa shape index (κ1) is 11.5. The second kappa shape index (κ2) is 4.09.